The van der Waals surface area contributed by atoms with Gasteiger partial charge in [0.2, 0.25) is 0 Å². The van der Waals surface area contributed by atoms with Crippen LogP contribution in [0.3, 0.4) is 0 Å². The third-order valence-electron chi connectivity index (χ3n) is 2.85. The van der Waals surface area contributed by atoms with Gasteiger partial charge in [-0.05, 0) is 13.8 Å². The first-order valence-corrected chi connectivity index (χ1v) is 5.51. The molecule has 8 heteroatoms. The lowest BCUT2D eigenvalue weighted by molar-refractivity contribution is -0.199. The lowest BCUT2D eigenvalue weighted by Gasteiger charge is -2.40. The van der Waals surface area contributed by atoms with Crippen molar-refractivity contribution in [3.8, 4) is 0 Å². The number of carbonyl (C=O) groups excluding carboxylic acids is 1. The number of hydrogen-bond acceptors (Lipinski definition) is 4. The van der Waals surface area contributed by atoms with Gasteiger partial charge in [-0.25, -0.2) is 0 Å². The molecule has 3 unspecified atom stereocenters. The molecule has 106 valence electrons. The van der Waals surface area contributed by atoms with Gasteiger partial charge >= 0.3 is 6.18 Å². The summed E-state index contributed by atoms with van der Waals surface area (Å²) in [5.41, 5.74) is 2.15. The average Bonchev–Trinajstić information content (AvgIpc) is 2.25. The Kier molecular flexibility index (Phi) is 4.24. The highest BCUT2D eigenvalue weighted by atomic mass is 19.4. The van der Waals surface area contributed by atoms with E-state index < -0.39 is 29.8 Å². The zero-order valence-electron chi connectivity index (χ0n) is 10.2. The van der Waals surface area contributed by atoms with Crippen LogP contribution in [0.4, 0.5) is 13.2 Å². The van der Waals surface area contributed by atoms with E-state index in [1.165, 1.54) is 0 Å². The Bertz CT molecular complexity index is 320. The van der Waals surface area contributed by atoms with Gasteiger partial charge in [-0.2, -0.15) is 13.2 Å². The van der Waals surface area contributed by atoms with Crippen molar-refractivity contribution >= 4 is 5.91 Å². The second kappa shape index (κ2) is 5.02. The van der Waals surface area contributed by atoms with Crippen molar-refractivity contribution < 1.29 is 27.8 Å². The fourth-order valence-corrected chi connectivity index (χ4v) is 1.76. The van der Waals surface area contributed by atoms with Crippen LogP contribution in [0.2, 0.25) is 0 Å². The zero-order valence-corrected chi connectivity index (χ0v) is 10.2. The van der Waals surface area contributed by atoms with Crippen LogP contribution in [0.25, 0.3) is 0 Å². The molecule has 3 atom stereocenters. The summed E-state index contributed by atoms with van der Waals surface area (Å²) in [5.74, 6) is -1.20. The van der Waals surface area contributed by atoms with Gasteiger partial charge in [0.15, 0.2) is 5.54 Å². The number of amides is 1. The van der Waals surface area contributed by atoms with E-state index in [2.05, 4.69) is 0 Å². The van der Waals surface area contributed by atoms with Crippen molar-refractivity contribution in [3.63, 3.8) is 0 Å². The molecule has 3 N–H and O–H groups in total. The van der Waals surface area contributed by atoms with Crippen LogP contribution in [-0.4, -0.2) is 59.5 Å². The number of morpholine rings is 1. The topological polar surface area (TPSA) is 75.8 Å². The largest absolute Gasteiger partial charge is 0.415 e. The number of aliphatic hydroxyl groups is 1. The highest BCUT2D eigenvalue weighted by molar-refractivity contribution is 5.86. The SMILES string of the molecule is CC1CN(C(=O)C(C)(N)C(F)(F)F)CC(CO)O1. The maximum atomic E-state index is 12.7. The Labute approximate surface area is 103 Å². The summed E-state index contributed by atoms with van der Waals surface area (Å²) in [6.07, 6.45) is -5.94. The number of nitrogens with zero attached hydrogens (tertiary/aromatic N) is 1. The van der Waals surface area contributed by atoms with Gasteiger partial charge in [-0.15, -0.1) is 0 Å². The van der Waals surface area contributed by atoms with Crippen LogP contribution in [0.1, 0.15) is 13.8 Å². The van der Waals surface area contributed by atoms with Crippen LogP contribution in [-0.2, 0) is 9.53 Å². The lowest BCUT2D eigenvalue weighted by Crippen LogP contribution is -2.65. The molecule has 1 amide bonds. The number of ether oxygens (including phenoxy) is 1. The first kappa shape index (κ1) is 15.2. The van der Waals surface area contributed by atoms with E-state index in [1.54, 1.807) is 6.92 Å². The zero-order chi connectivity index (χ0) is 14.1. The van der Waals surface area contributed by atoms with Gasteiger partial charge in [0, 0.05) is 13.1 Å². The lowest BCUT2D eigenvalue weighted by atomic mass is 10.00. The molecule has 0 bridgehead atoms. The Morgan fingerprint density at radius 1 is 1.50 bits per heavy atom. The van der Waals surface area contributed by atoms with Crippen molar-refractivity contribution in [3.05, 3.63) is 0 Å². The summed E-state index contributed by atoms with van der Waals surface area (Å²) in [6, 6.07) is 0. The smallest absolute Gasteiger partial charge is 0.394 e. The van der Waals surface area contributed by atoms with Gasteiger partial charge in [-0.3, -0.25) is 4.79 Å². The molecule has 0 aromatic heterocycles. The molecule has 0 aromatic rings. The third kappa shape index (κ3) is 2.93. The van der Waals surface area contributed by atoms with Crippen molar-refractivity contribution in [2.24, 2.45) is 5.73 Å². The molecule has 0 saturated carbocycles. The normalized spacial score (nSPS) is 28.9. The highest BCUT2D eigenvalue weighted by Crippen LogP contribution is 2.30. The van der Waals surface area contributed by atoms with Gasteiger partial charge in [-0.1, -0.05) is 0 Å². The maximum absolute atomic E-state index is 12.7. The summed E-state index contributed by atoms with van der Waals surface area (Å²) in [5, 5.41) is 8.95. The number of hydrogen-bond donors (Lipinski definition) is 2. The van der Waals surface area contributed by atoms with Crippen molar-refractivity contribution in [2.75, 3.05) is 19.7 Å². The van der Waals surface area contributed by atoms with Crippen LogP contribution in [0.5, 0.6) is 0 Å². The van der Waals surface area contributed by atoms with E-state index >= 15 is 0 Å². The molecule has 0 aliphatic carbocycles. The van der Waals surface area contributed by atoms with Crippen molar-refractivity contribution in [1.82, 2.24) is 4.90 Å². The summed E-state index contributed by atoms with van der Waals surface area (Å²) in [6.45, 7) is 1.83. The molecule has 1 aliphatic heterocycles. The van der Waals surface area contributed by atoms with E-state index in [0.717, 1.165) is 4.90 Å². The predicted octanol–water partition coefficient (Wildman–Crippen LogP) is -0.126. The molecule has 1 heterocycles. The summed E-state index contributed by atoms with van der Waals surface area (Å²) in [7, 11) is 0. The van der Waals surface area contributed by atoms with Crippen LogP contribution in [0.15, 0.2) is 0 Å². The average molecular weight is 270 g/mol. The number of nitrogens with two attached hydrogens (primary N) is 1. The minimum atomic E-state index is -4.82. The fraction of sp³-hybridized carbons (Fsp3) is 0.900. The number of carbonyl (C=O) groups is 1. The molecule has 0 aromatic carbocycles. The molecule has 1 rings (SSSR count). The first-order chi connectivity index (χ1) is 8.09. The summed E-state index contributed by atoms with van der Waals surface area (Å²) < 4.78 is 43.2. The molecule has 0 radical (unpaired) electrons. The maximum Gasteiger partial charge on any atom is 0.415 e. The van der Waals surface area contributed by atoms with E-state index in [4.69, 9.17) is 15.6 Å². The van der Waals surface area contributed by atoms with Gasteiger partial charge in [0.1, 0.15) is 0 Å². The quantitative estimate of drug-likeness (QED) is 0.733. The molecular formula is C10H17F3N2O3. The number of rotatable bonds is 2. The van der Waals surface area contributed by atoms with E-state index in [-0.39, 0.29) is 19.7 Å². The van der Waals surface area contributed by atoms with E-state index in [9.17, 15) is 18.0 Å². The van der Waals surface area contributed by atoms with Crippen molar-refractivity contribution in [1.29, 1.82) is 0 Å². The fourth-order valence-electron chi connectivity index (χ4n) is 1.76. The first-order valence-electron chi connectivity index (χ1n) is 5.51. The van der Waals surface area contributed by atoms with Crippen LogP contribution >= 0.6 is 0 Å². The predicted molar refractivity (Wildman–Crippen MR) is 56.6 cm³/mol. The van der Waals surface area contributed by atoms with Crippen molar-refractivity contribution in [2.45, 2.75) is 37.8 Å². The Hall–Kier alpha value is -0.860. The van der Waals surface area contributed by atoms with E-state index in [1.807, 2.05) is 0 Å². The van der Waals surface area contributed by atoms with Gasteiger partial charge < -0.3 is 20.5 Å². The number of aliphatic hydroxyl groups excluding tert-OH is 1. The Morgan fingerprint density at radius 3 is 2.50 bits per heavy atom. The summed E-state index contributed by atoms with van der Waals surface area (Å²) in [4.78, 5) is 12.8. The molecule has 1 aliphatic rings. The highest BCUT2D eigenvalue weighted by Gasteiger charge is 2.55. The van der Waals surface area contributed by atoms with Gasteiger partial charge in [0.05, 0.1) is 18.8 Å². The monoisotopic (exact) mass is 270 g/mol. The number of halogens is 3. The second-order valence-corrected chi connectivity index (χ2v) is 4.66. The third-order valence-corrected chi connectivity index (χ3v) is 2.85. The molecule has 5 nitrogen and oxygen atoms in total. The van der Waals surface area contributed by atoms with Crippen LogP contribution in [0, 0.1) is 0 Å². The standard InChI is InChI=1S/C10H17F3N2O3/c1-6-3-15(4-7(5-16)18-6)8(17)9(2,14)10(11,12)13/h6-7,16H,3-5,14H2,1-2H3. The molecule has 1 fully saturated rings. The minimum absolute atomic E-state index is 0.0260. The Morgan fingerprint density at radius 2 is 2.06 bits per heavy atom. The van der Waals surface area contributed by atoms with Crippen LogP contribution < -0.4 is 5.73 Å². The summed E-state index contributed by atoms with van der Waals surface area (Å²) >= 11 is 0. The van der Waals surface area contributed by atoms with E-state index in [0.29, 0.717) is 6.92 Å². The minimum Gasteiger partial charge on any atom is -0.394 e. The molecule has 0 spiro atoms. The molecular weight excluding hydrogens is 253 g/mol. The molecule has 1 saturated heterocycles. The Balaban J connectivity index is 2.83. The van der Waals surface area contributed by atoms with Gasteiger partial charge in [0.25, 0.3) is 5.91 Å². The second-order valence-electron chi connectivity index (χ2n) is 4.66. The molecule has 18 heavy (non-hydrogen) atoms. The number of alkyl halides is 3.